The molecule has 0 aromatic heterocycles. The zero-order chi connectivity index (χ0) is 18.5. The predicted molar refractivity (Wildman–Crippen MR) is 102 cm³/mol. The molecule has 0 bridgehead atoms. The van der Waals surface area contributed by atoms with Gasteiger partial charge >= 0.3 is 0 Å². The van der Waals surface area contributed by atoms with E-state index in [0.717, 1.165) is 42.1 Å². The highest BCUT2D eigenvalue weighted by molar-refractivity contribution is 5.91. The summed E-state index contributed by atoms with van der Waals surface area (Å²) in [5.74, 6) is 1.65. The van der Waals surface area contributed by atoms with Crippen molar-refractivity contribution in [3.8, 4) is 11.5 Å². The molecule has 1 saturated heterocycles. The van der Waals surface area contributed by atoms with Gasteiger partial charge in [-0.25, -0.2) is 0 Å². The molecule has 0 radical (unpaired) electrons. The number of hydrogen-bond donors (Lipinski definition) is 2. The maximum Gasteiger partial charge on any atom is 0.279 e. The number of carbonyl (C=O) groups is 1. The third-order valence-corrected chi connectivity index (χ3v) is 5.02. The number of hydrogen-bond acceptors (Lipinski definition) is 3. The van der Waals surface area contributed by atoms with Crippen molar-refractivity contribution in [2.45, 2.75) is 25.8 Å². The second-order valence-corrected chi connectivity index (χ2v) is 6.80. The molecule has 1 aliphatic heterocycles. The van der Waals surface area contributed by atoms with Crippen LogP contribution in [0.5, 0.6) is 11.5 Å². The van der Waals surface area contributed by atoms with Crippen LogP contribution < -0.4 is 19.7 Å². The fraction of sp³-hybridized carbons (Fsp3) is 0.381. The molecule has 2 N–H and O–H groups in total. The first-order chi connectivity index (χ1) is 12.6. The number of methoxy groups -OCH3 is 2. The Morgan fingerprint density at radius 2 is 1.92 bits per heavy atom. The van der Waals surface area contributed by atoms with Gasteiger partial charge in [0.05, 0.1) is 26.3 Å². The maximum absolute atomic E-state index is 12.5. The van der Waals surface area contributed by atoms with Crippen molar-refractivity contribution in [2.75, 3.05) is 32.6 Å². The Bertz CT molecular complexity index is 758. The summed E-state index contributed by atoms with van der Waals surface area (Å²) < 4.78 is 10.9. The minimum atomic E-state index is 0.0447. The number of anilines is 1. The number of ether oxygens (including phenoxy) is 2. The highest BCUT2D eigenvalue weighted by Gasteiger charge is 2.33. The number of rotatable bonds is 6. The Morgan fingerprint density at radius 1 is 1.15 bits per heavy atom. The van der Waals surface area contributed by atoms with Gasteiger partial charge in [-0.2, -0.15) is 0 Å². The number of aryl methyl sites for hydroxylation is 1. The standard InChI is InChI=1S/C21H26N2O3/c1-15-6-8-16(9-7-15)22-21(24)14-23-12-4-5-19(23)18-11-10-17(25-2)13-20(18)26-3/h6-11,13,19H,4-5,12,14H2,1-3H3,(H,22,24)/p+1/t19-/m0/s1. The molecule has 1 unspecified atom stereocenters. The minimum Gasteiger partial charge on any atom is -0.497 e. The van der Waals surface area contributed by atoms with E-state index in [4.69, 9.17) is 9.47 Å². The molecule has 138 valence electrons. The summed E-state index contributed by atoms with van der Waals surface area (Å²) in [5.41, 5.74) is 3.17. The molecule has 2 aromatic rings. The lowest BCUT2D eigenvalue weighted by Crippen LogP contribution is -3.11. The molecule has 1 aliphatic rings. The molecular formula is C21H27N2O3+. The minimum absolute atomic E-state index is 0.0447. The Labute approximate surface area is 154 Å². The molecule has 2 aromatic carbocycles. The molecular weight excluding hydrogens is 328 g/mol. The number of likely N-dealkylation sites (tertiary alicyclic amines) is 1. The second kappa shape index (κ2) is 8.23. The quantitative estimate of drug-likeness (QED) is 0.836. The van der Waals surface area contributed by atoms with Gasteiger partial charge < -0.3 is 19.7 Å². The Kier molecular flexibility index (Phi) is 5.78. The highest BCUT2D eigenvalue weighted by Crippen LogP contribution is 2.31. The Morgan fingerprint density at radius 3 is 2.62 bits per heavy atom. The van der Waals surface area contributed by atoms with Gasteiger partial charge in [-0.05, 0) is 31.2 Å². The van der Waals surface area contributed by atoms with E-state index in [1.165, 1.54) is 10.5 Å². The number of quaternary nitrogens is 1. The lowest BCUT2D eigenvalue weighted by molar-refractivity contribution is -0.910. The van der Waals surface area contributed by atoms with E-state index in [0.29, 0.717) is 6.54 Å². The number of benzene rings is 2. The normalized spacial score (nSPS) is 19.2. The zero-order valence-corrected chi connectivity index (χ0v) is 15.7. The Balaban J connectivity index is 1.70. The number of nitrogens with one attached hydrogen (secondary N) is 2. The number of carbonyl (C=O) groups excluding carboxylic acids is 1. The average molecular weight is 355 g/mol. The predicted octanol–water partition coefficient (Wildman–Crippen LogP) is 2.37. The second-order valence-electron chi connectivity index (χ2n) is 6.80. The van der Waals surface area contributed by atoms with E-state index in [1.54, 1.807) is 14.2 Å². The molecule has 0 saturated carbocycles. The van der Waals surface area contributed by atoms with Gasteiger partial charge in [0.1, 0.15) is 17.5 Å². The fourth-order valence-corrected chi connectivity index (χ4v) is 3.65. The molecule has 1 heterocycles. The van der Waals surface area contributed by atoms with Crippen LogP contribution in [0.3, 0.4) is 0 Å². The van der Waals surface area contributed by atoms with Crippen LogP contribution >= 0.6 is 0 Å². The van der Waals surface area contributed by atoms with Crippen LogP contribution in [-0.2, 0) is 4.79 Å². The first-order valence-electron chi connectivity index (χ1n) is 9.03. The van der Waals surface area contributed by atoms with Gasteiger partial charge in [-0.3, -0.25) is 4.79 Å². The third-order valence-electron chi connectivity index (χ3n) is 5.02. The van der Waals surface area contributed by atoms with Crippen molar-refractivity contribution >= 4 is 11.6 Å². The summed E-state index contributed by atoms with van der Waals surface area (Å²) in [7, 11) is 3.33. The van der Waals surface area contributed by atoms with Crippen molar-refractivity contribution < 1.29 is 19.2 Å². The van der Waals surface area contributed by atoms with Crippen molar-refractivity contribution in [2.24, 2.45) is 0 Å². The fourth-order valence-electron chi connectivity index (χ4n) is 3.65. The van der Waals surface area contributed by atoms with Crippen molar-refractivity contribution in [3.63, 3.8) is 0 Å². The molecule has 2 atom stereocenters. The molecule has 1 fully saturated rings. The monoisotopic (exact) mass is 355 g/mol. The first kappa shape index (κ1) is 18.3. The van der Waals surface area contributed by atoms with E-state index in [9.17, 15) is 4.79 Å². The maximum atomic E-state index is 12.5. The highest BCUT2D eigenvalue weighted by atomic mass is 16.5. The van der Waals surface area contributed by atoms with Crippen LogP contribution in [0.25, 0.3) is 0 Å². The summed E-state index contributed by atoms with van der Waals surface area (Å²) >= 11 is 0. The van der Waals surface area contributed by atoms with Gasteiger partial charge in [0.15, 0.2) is 6.54 Å². The van der Waals surface area contributed by atoms with Gasteiger partial charge in [0.2, 0.25) is 0 Å². The first-order valence-corrected chi connectivity index (χ1v) is 9.03. The molecule has 26 heavy (non-hydrogen) atoms. The van der Waals surface area contributed by atoms with Crippen LogP contribution in [0, 0.1) is 6.92 Å². The van der Waals surface area contributed by atoms with Crippen LogP contribution in [0.2, 0.25) is 0 Å². The molecule has 3 rings (SSSR count). The lowest BCUT2D eigenvalue weighted by atomic mass is 10.0. The van der Waals surface area contributed by atoms with Crippen LogP contribution in [-0.4, -0.2) is 33.2 Å². The van der Waals surface area contributed by atoms with Crippen LogP contribution in [0.1, 0.15) is 30.0 Å². The summed E-state index contributed by atoms with van der Waals surface area (Å²) in [6.07, 6.45) is 2.16. The lowest BCUT2D eigenvalue weighted by Gasteiger charge is -2.23. The van der Waals surface area contributed by atoms with Gasteiger partial charge in [0, 0.05) is 24.6 Å². The van der Waals surface area contributed by atoms with Gasteiger partial charge in [-0.1, -0.05) is 17.7 Å². The van der Waals surface area contributed by atoms with E-state index < -0.39 is 0 Å². The van der Waals surface area contributed by atoms with Crippen LogP contribution in [0.15, 0.2) is 42.5 Å². The van der Waals surface area contributed by atoms with Crippen molar-refractivity contribution in [1.82, 2.24) is 0 Å². The SMILES string of the molecule is COc1ccc([C@@H]2CCC[NH+]2CC(=O)Nc2ccc(C)cc2)c(OC)c1. The van der Waals surface area contributed by atoms with Gasteiger partial charge in [0.25, 0.3) is 5.91 Å². The van der Waals surface area contributed by atoms with E-state index in [2.05, 4.69) is 11.4 Å². The molecule has 1 amide bonds. The summed E-state index contributed by atoms with van der Waals surface area (Å²) in [5, 5.41) is 3.00. The van der Waals surface area contributed by atoms with Crippen molar-refractivity contribution in [3.05, 3.63) is 53.6 Å². The summed E-state index contributed by atoms with van der Waals surface area (Å²) in [6.45, 7) is 3.47. The van der Waals surface area contributed by atoms with Gasteiger partial charge in [-0.15, -0.1) is 0 Å². The van der Waals surface area contributed by atoms with E-state index in [-0.39, 0.29) is 11.9 Å². The average Bonchev–Trinajstić information content (AvgIpc) is 3.10. The largest absolute Gasteiger partial charge is 0.497 e. The zero-order valence-electron chi connectivity index (χ0n) is 15.7. The third kappa shape index (κ3) is 4.17. The smallest absolute Gasteiger partial charge is 0.279 e. The number of amides is 1. The van der Waals surface area contributed by atoms with Crippen LogP contribution in [0.4, 0.5) is 5.69 Å². The molecule has 5 nitrogen and oxygen atoms in total. The Hall–Kier alpha value is -2.53. The summed E-state index contributed by atoms with van der Waals surface area (Å²) in [6, 6.07) is 14.1. The molecule has 0 spiro atoms. The van der Waals surface area contributed by atoms with E-state index >= 15 is 0 Å². The topological polar surface area (TPSA) is 52.0 Å². The molecule has 5 heteroatoms. The van der Waals surface area contributed by atoms with E-state index in [1.807, 2.05) is 43.3 Å². The summed E-state index contributed by atoms with van der Waals surface area (Å²) in [4.78, 5) is 13.8. The van der Waals surface area contributed by atoms with Crippen molar-refractivity contribution in [1.29, 1.82) is 0 Å². The molecule has 0 aliphatic carbocycles.